The normalized spacial score (nSPS) is 15.3. The second kappa shape index (κ2) is 13.0. The first kappa shape index (κ1) is 31.0. The highest BCUT2D eigenvalue weighted by atomic mass is 32.2. The van der Waals surface area contributed by atoms with Crippen LogP contribution in [-0.4, -0.2) is 31.8 Å². The Morgan fingerprint density at radius 3 is 1.81 bits per heavy atom. The molecule has 0 saturated carbocycles. The van der Waals surface area contributed by atoms with Gasteiger partial charge in [0, 0.05) is 18.2 Å². The molecule has 0 N–H and O–H groups in total. The van der Waals surface area contributed by atoms with Gasteiger partial charge in [-0.3, -0.25) is 4.79 Å². The summed E-state index contributed by atoms with van der Waals surface area (Å²) in [6.45, 7) is 18.8. The Morgan fingerprint density at radius 1 is 0.865 bits per heavy atom. The van der Waals surface area contributed by atoms with Gasteiger partial charge in [0.15, 0.2) is 15.6 Å². The van der Waals surface area contributed by atoms with Crippen molar-refractivity contribution in [2.75, 3.05) is 6.26 Å². The molecule has 5 heteroatoms. The molecular formula is C32H46O4S. The molecule has 2 aromatic carbocycles. The van der Waals surface area contributed by atoms with Gasteiger partial charge in [-0.15, -0.1) is 0 Å². The summed E-state index contributed by atoms with van der Waals surface area (Å²) in [4.78, 5) is 13.2. The zero-order valence-corrected chi connectivity index (χ0v) is 25.1. The van der Waals surface area contributed by atoms with Crippen LogP contribution in [0.3, 0.4) is 0 Å². The van der Waals surface area contributed by atoms with Gasteiger partial charge in [-0.25, -0.2) is 8.42 Å². The minimum Gasteiger partial charge on any atom is -0.366 e. The summed E-state index contributed by atoms with van der Waals surface area (Å²) in [5.41, 5.74) is 6.40. The van der Waals surface area contributed by atoms with Crippen molar-refractivity contribution in [2.24, 2.45) is 0 Å². The first-order chi connectivity index (χ1) is 17.1. The van der Waals surface area contributed by atoms with Gasteiger partial charge < -0.3 is 4.74 Å². The van der Waals surface area contributed by atoms with E-state index in [4.69, 9.17) is 4.74 Å². The number of carbonyl (C=O) groups is 1. The molecule has 4 nitrogen and oxygen atoms in total. The number of Topliss-reactive ketones (excluding diaryl/α,β-unsaturated/α-hetero) is 1. The van der Waals surface area contributed by atoms with Crippen molar-refractivity contribution in [2.45, 2.75) is 104 Å². The van der Waals surface area contributed by atoms with E-state index in [1.165, 1.54) is 28.5 Å². The molecule has 3 atom stereocenters. The van der Waals surface area contributed by atoms with E-state index in [9.17, 15) is 13.2 Å². The van der Waals surface area contributed by atoms with Crippen LogP contribution in [0, 0.1) is 0 Å². The maximum atomic E-state index is 13.2. The standard InChI is InChI=1S/C32H46O4S/c1-20(2)27-17-28(21(3)4)32(29(18-27)22(5)6)25(9)36-31(23(7)16-24(8)37(10,34)35)19-30(33)26-14-12-11-13-15-26/h11-18,20-22,24-25,31H,19H2,1-10H3/b23-16-/t24-,25-,31-/m0/s1. The fraction of sp³-hybridized carbons (Fsp3) is 0.531. The van der Waals surface area contributed by atoms with Gasteiger partial charge in [0.25, 0.3) is 0 Å². The van der Waals surface area contributed by atoms with E-state index in [1.54, 1.807) is 25.1 Å². The maximum absolute atomic E-state index is 13.2. The number of benzene rings is 2. The van der Waals surface area contributed by atoms with Crippen LogP contribution >= 0.6 is 0 Å². The summed E-state index contributed by atoms with van der Waals surface area (Å²) in [6.07, 6.45) is 2.28. The number of sulfone groups is 1. The topological polar surface area (TPSA) is 60.4 Å². The van der Waals surface area contributed by atoms with Crippen LogP contribution in [0.15, 0.2) is 54.1 Å². The molecule has 204 valence electrons. The number of ketones is 1. The van der Waals surface area contributed by atoms with Gasteiger partial charge in [-0.05, 0) is 66.4 Å². The Hall–Kier alpha value is -2.24. The van der Waals surface area contributed by atoms with Gasteiger partial charge in [-0.1, -0.05) is 90.1 Å². The van der Waals surface area contributed by atoms with Gasteiger partial charge in [-0.2, -0.15) is 0 Å². The molecule has 0 aliphatic carbocycles. The molecule has 37 heavy (non-hydrogen) atoms. The molecule has 0 spiro atoms. The maximum Gasteiger partial charge on any atom is 0.165 e. The van der Waals surface area contributed by atoms with E-state index in [0.29, 0.717) is 23.3 Å². The highest BCUT2D eigenvalue weighted by Crippen LogP contribution is 2.38. The quantitative estimate of drug-likeness (QED) is 0.207. The van der Waals surface area contributed by atoms with Crippen molar-refractivity contribution in [1.82, 2.24) is 0 Å². The first-order valence-electron chi connectivity index (χ1n) is 13.4. The summed E-state index contributed by atoms with van der Waals surface area (Å²) in [5, 5.41) is -0.663. The van der Waals surface area contributed by atoms with Crippen LogP contribution in [0.25, 0.3) is 0 Å². The van der Waals surface area contributed by atoms with Gasteiger partial charge >= 0.3 is 0 Å². The zero-order valence-electron chi connectivity index (χ0n) is 24.3. The van der Waals surface area contributed by atoms with E-state index in [2.05, 4.69) is 60.6 Å². The lowest BCUT2D eigenvalue weighted by Gasteiger charge is -2.30. The molecule has 0 amide bonds. The van der Waals surface area contributed by atoms with Crippen LogP contribution < -0.4 is 0 Å². The number of rotatable bonds is 12. The number of carbonyl (C=O) groups excluding carboxylic acids is 1. The van der Waals surface area contributed by atoms with Gasteiger partial charge in [0.2, 0.25) is 0 Å². The Labute approximate surface area is 225 Å². The molecule has 2 rings (SSSR count). The van der Waals surface area contributed by atoms with E-state index in [1.807, 2.05) is 25.1 Å². The van der Waals surface area contributed by atoms with Crippen LogP contribution in [-0.2, 0) is 14.6 Å². The fourth-order valence-corrected chi connectivity index (χ4v) is 5.09. The lowest BCUT2D eigenvalue weighted by atomic mass is 9.82. The second-order valence-corrected chi connectivity index (χ2v) is 13.7. The van der Waals surface area contributed by atoms with Crippen molar-refractivity contribution in [3.63, 3.8) is 0 Å². The Morgan fingerprint density at radius 2 is 1.38 bits per heavy atom. The molecular weight excluding hydrogens is 480 g/mol. The van der Waals surface area contributed by atoms with E-state index >= 15 is 0 Å². The zero-order chi connectivity index (χ0) is 28.1. The number of ether oxygens (including phenoxy) is 1. The fourth-order valence-electron chi connectivity index (χ4n) is 4.62. The molecule has 0 radical (unpaired) electrons. The summed E-state index contributed by atoms with van der Waals surface area (Å²) < 4.78 is 31.0. The lowest BCUT2D eigenvalue weighted by Crippen LogP contribution is -2.24. The summed E-state index contributed by atoms with van der Waals surface area (Å²) in [6, 6.07) is 13.8. The molecule has 0 aliphatic heterocycles. The Bertz CT molecular complexity index is 1160. The monoisotopic (exact) mass is 526 g/mol. The molecule has 0 aliphatic rings. The number of hydrogen-bond acceptors (Lipinski definition) is 4. The molecule has 0 unspecified atom stereocenters. The smallest absolute Gasteiger partial charge is 0.165 e. The summed E-state index contributed by atoms with van der Waals surface area (Å²) in [7, 11) is -3.26. The number of hydrogen-bond donors (Lipinski definition) is 0. The minimum absolute atomic E-state index is 0.0270. The molecule has 2 aromatic rings. The molecule has 0 aromatic heterocycles. The lowest BCUT2D eigenvalue weighted by molar-refractivity contribution is 0.0128. The van der Waals surface area contributed by atoms with Crippen LogP contribution in [0.5, 0.6) is 0 Å². The van der Waals surface area contributed by atoms with Gasteiger partial charge in [0.05, 0.1) is 17.5 Å². The minimum atomic E-state index is -3.26. The largest absolute Gasteiger partial charge is 0.366 e. The predicted molar refractivity (Wildman–Crippen MR) is 155 cm³/mol. The van der Waals surface area contributed by atoms with Crippen LogP contribution in [0.1, 0.15) is 125 Å². The highest BCUT2D eigenvalue weighted by molar-refractivity contribution is 7.91. The van der Waals surface area contributed by atoms with Gasteiger partial charge in [0.1, 0.15) is 0 Å². The van der Waals surface area contributed by atoms with Crippen molar-refractivity contribution in [1.29, 1.82) is 0 Å². The van der Waals surface area contributed by atoms with Crippen molar-refractivity contribution in [3.05, 3.63) is 81.9 Å². The SMILES string of the molecule is C/C(=C/[C@H](C)S(C)(=O)=O)[C@H](CC(=O)c1ccccc1)O[C@@H](C)c1c(C(C)C)cc(C(C)C)cc1C(C)C. The third kappa shape index (κ3) is 8.38. The summed E-state index contributed by atoms with van der Waals surface area (Å²) >= 11 is 0. The van der Waals surface area contributed by atoms with E-state index < -0.39 is 21.2 Å². The Balaban J connectivity index is 2.57. The second-order valence-electron chi connectivity index (χ2n) is 11.3. The van der Waals surface area contributed by atoms with E-state index in [0.717, 1.165) is 5.57 Å². The molecule has 0 heterocycles. The predicted octanol–water partition coefficient (Wildman–Crippen LogP) is 8.16. The third-order valence-electron chi connectivity index (χ3n) is 7.10. The molecule has 0 bridgehead atoms. The molecule has 0 saturated heterocycles. The first-order valence-corrected chi connectivity index (χ1v) is 15.4. The van der Waals surface area contributed by atoms with Crippen molar-refractivity contribution >= 4 is 15.6 Å². The average molecular weight is 527 g/mol. The average Bonchev–Trinajstić information content (AvgIpc) is 2.82. The van der Waals surface area contributed by atoms with Crippen LogP contribution in [0.4, 0.5) is 0 Å². The van der Waals surface area contributed by atoms with E-state index in [-0.39, 0.29) is 18.3 Å². The summed E-state index contributed by atoms with van der Waals surface area (Å²) in [5.74, 6) is 1.01. The Kier molecular flexibility index (Phi) is 10.9. The van der Waals surface area contributed by atoms with Crippen molar-refractivity contribution in [3.8, 4) is 0 Å². The van der Waals surface area contributed by atoms with Crippen LogP contribution in [0.2, 0.25) is 0 Å². The highest BCUT2D eigenvalue weighted by Gasteiger charge is 2.27. The third-order valence-corrected chi connectivity index (χ3v) is 8.59. The van der Waals surface area contributed by atoms with Crippen molar-refractivity contribution < 1.29 is 17.9 Å². The molecule has 0 fully saturated rings.